The molecule has 0 aliphatic heterocycles. The third-order valence-corrected chi connectivity index (χ3v) is 3.60. The van der Waals surface area contributed by atoms with Crippen LogP contribution in [0.25, 0.3) is 0 Å². The standard InChI is InChI=1S/C14H19NO5S/c1-14(2,13(17)20-3)15-12(16)11-7-5-6-10(8-11)9-21(4,18)19/h5-8H,9H2,1-4H3,(H,15,16). The van der Waals surface area contributed by atoms with Crippen LogP contribution in [0.15, 0.2) is 24.3 Å². The van der Waals surface area contributed by atoms with Crippen molar-refractivity contribution in [2.24, 2.45) is 0 Å². The highest BCUT2D eigenvalue weighted by Crippen LogP contribution is 2.11. The summed E-state index contributed by atoms with van der Waals surface area (Å²) in [5.41, 5.74) is -0.368. The van der Waals surface area contributed by atoms with Crippen LogP contribution in [0, 0.1) is 0 Å². The van der Waals surface area contributed by atoms with E-state index in [0.717, 1.165) is 6.26 Å². The second-order valence-corrected chi connectivity index (χ2v) is 7.48. The summed E-state index contributed by atoms with van der Waals surface area (Å²) in [7, 11) is -1.94. The molecule has 0 unspecified atom stereocenters. The Morgan fingerprint density at radius 2 is 1.90 bits per heavy atom. The average molecular weight is 313 g/mol. The van der Waals surface area contributed by atoms with Crippen molar-refractivity contribution >= 4 is 21.7 Å². The number of ether oxygens (including phenoxy) is 1. The minimum Gasteiger partial charge on any atom is -0.467 e. The molecule has 0 atom stereocenters. The third kappa shape index (κ3) is 5.18. The second kappa shape index (κ2) is 6.26. The van der Waals surface area contributed by atoms with Gasteiger partial charge in [0.1, 0.15) is 5.54 Å². The molecule has 0 heterocycles. The monoisotopic (exact) mass is 313 g/mol. The van der Waals surface area contributed by atoms with Gasteiger partial charge in [-0.15, -0.1) is 0 Å². The maximum atomic E-state index is 12.1. The van der Waals surface area contributed by atoms with Crippen LogP contribution in [0.1, 0.15) is 29.8 Å². The van der Waals surface area contributed by atoms with E-state index in [1.165, 1.54) is 27.0 Å². The second-order valence-electron chi connectivity index (χ2n) is 5.34. The number of amides is 1. The van der Waals surface area contributed by atoms with Gasteiger partial charge in [-0.1, -0.05) is 12.1 Å². The molecule has 1 N–H and O–H groups in total. The fourth-order valence-electron chi connectivity index (χ4n) is 1.77. The van der Waals surface area contributed by atoms with Gasteiger partial charge < -0.3 is 10.1 Å². The molecular formula is C14H19NO5S. The van der Waals surface area contributed by atoms with Crippen molar-refractivity contribution in [1.82, 2.24) is 5.32 Å². The summed E-state index contributed by atoms with van der Waals surface area (Å²) in [6.07, 6.45) is 1.13. The van der Waals surface area contributed by atoms with Crippen LogP contribution in [0.2, 0.25) is 0 Å². The Morgan fingerprint density at radius 3 is 2.43 bits per heavy atom. The van der Waals surface area contributed by atoms with E-state index >= 15 is 0 Å². The molecule has 0 aliphatic rings. The Morgan fingerprint density at radius 1 is 1.29 bits per heavy atom. The first-order chi connectivity index (χ1) is 9.55. The van der Waals surface area contributed by atoms with E-state index < -0.39 is 27.3 Å². The number of methoxy groups -OCH3 is 1. The number of carbonyl (C=O) groups is 2. The highest BCUT2D eigenvalue weighted by Gasteiger charge is 2.30. The SMILES string of the molecule is COC(=O)C(C)(C)NC(=O)c1cccc(CS(C)(=O)=O)c1. The Balaban J connectivity index is 2.94. The molecule has 1 aromatic rings. The van der Waals surface area contributed by atoms with Crippen molar-refractivity contribution in [3.63, 3.8) is 0 Å². The lowest BCUT2D eigenvalue weighted by Gasteiger charge is -2.23. The molecule has 116 valence electrons. The lowest BCUT2D eigenvalue weighted by Crippen LogP contribution is -2.50. The largest absolute Gasteiger partial charge is 0.467 e. The lowest BCUT2D eigenvalue weighted by molar-refractivity contribution is -0.146. The van der Waals surface area contributed by atoms with Gasteiger partial charge in [0.05, 0.1) is 12.9 Å². The molecule has 0 aromatic heterocycles. The van der Waals surface area contributed by atoms with Gasteiger partial charge in [-0.3, -0.25) is 4.79 Å². The van der Waals surface area contributed by atoms with Gasteiger partial charge in [-0.2, -0.15) is 0 Å². The highest BCUT2D eigenvalue weighted by atomic mass is 32.2. The number of esters is 1. The van der Waals surface area contributed by atoms with Crippen LogP contribution in [-0.2, 0) is 25.1 Å². The molecule has 21 heavy (non-hydrogen) atoms. The molecule has 0 saturated carbocycles. The Bertz CT molecular complexity index is 649. The van der Waals surface area contributed by atoms with Crippen LogP contribution in [0.3, 0.4) is 0 Å². The topological polar surface area (TPSA) is 89.5 Å². The average Bonchev–Trinajstić information content (AvgIpc) is 2.35. The first kappa shape index (κ1) is 17.2. The van der Waals surface area contributed by atoms with Crippen LogP contribution < -0.4 is 5.32 Å². The number of hydrogen-bond acceptors (Lipinski definition) is 5. The minimum absolute atomic E-state index is 0.144. The number of rotatable bonds is 5. The van der Waals surface area contributed by atoms with E-state index in [9.17, 15) is 18.0 Å². The molecule has 0 bridgehead atoms. The molecule has 7 heteroatoms. The molecule has 0 radical (unpaired) electrons. The van der Waals surface area contributed by atoms with Crippen molar-refractivity contribution in [3.05, 3.63) is 35.4 Å². The minimum atomic E-state index is -3.18. The smallest absolute Gasteiger partial charge is 0.330 e. The molecular weight excluding hydrogens is 294 g/mol. The molecule has 0 fully saturated rings. The number of carbonyl (C=O) groups excluding carboxylic acids is 2. The first-order valence-corrected chi connectivity index (χ1v) is 8.29. The summed E-state index contributed by atoms with van der Waals surface area (Å²) in [6.45, 7) is 3.05. The van der Waals surface area contributed by atoms with Crippen molar-refractivity contribution in [2.45, 2.75) is 25.1 Å². The van der Waals surface area contributed by atoms with E-state index in [1.807, 2.05) is 0 Å². The van der Waals surface area contributed by atoms with Crippen LogP contribution in [0.5, 0.6) is 0 Å². The number of benzene rings is 1. The van der Waals surface area contributed by atoms with Crippen LogP contribution in [0.4, 0.5) is 0 Å². The normalized spacial score (nSPS) is 11.8. The zero-order valence-corrected chi connectivity index (χ0v) is 13.3. The summed E-state index contributed by atoms with van der Waals surface area (Å²) in [5, 5.41) is 2.55. The van der Waals surface area contributed by atoms with Gasteiger partial charge in [0.15, 0.2) is 9.84 Å². The summed E-state index contributed by atoms with van der Waals surface area (Å²) < 4.78 is 27.2. The van der Waals surface area contributed by atoms with Crippen LogP contribution >= 0.6 is 0 Å². The molecule has 1 amide bonds. The molecule has 1 rings (SSSR count). The predicted octanol–water partition coefficient (Wildman–Crippen LogP) is 0.913. The zero-order valence-electron chi connectivity index (χ0n) is 12.5. The van der Waals surface area contributed by atoms with Crippen molar-refractivity contribution in [1.29, 1.82) is 0 Å². The van der Waals surface area contributed by atoms with Gasteiger partial charge in [0.2, 0.25) is 0 Å². The van der Waals surface area contributed by atoms with Gasteiger partial charge in [0.25, 0.3) is 5.91 Å². The Kier molecular flexibility index (Phi) is 5.11. The van der Waals surface area contributed by atoms with Gasteiger partial charge in [0, 0.05) is 11.8 Å². The fraction of sp³-hybridized carbons (Fsp3) is 0.429. The third-order valence-electron chi connectivity index (χ3n) is 2.74. The lowest BCUT2D eigenvalue weighted by atomic mass is 10.0. The summed E-state index contributed by atoms with van der Waals surface area (Å²) in [4.78, 5) is 23.7. The first-order valence-electron chi connectivity index (χ1n) is 6.23. The van der Waals surface area contributed by atoms with E-state index in [2.05, 4.69) is 10.1 Å². The number of hydrogen-bond donors (Lipinski definition) is 1. The van der Waals surface area contributed by atoms with Crippen molar-refractivity contribution in [3.8, 4) is 0 Å². The summed E-state index contributed by atoms with van der Waals surface area (Å²) in [5.74, 6) is -1.18. The molecule has 0 saturated heterocycles. The van der Waals surface area contributed by atoms with Gasteiger partial charge in [-0.05, 0) is 31.5 Å². The summed E-state index contributed by atoms with van der Waals surface area (Å²) >= 11 is 0. The Hall–Kier alpha value is -1.89. The molecule has 6 nitrogen and oxygen atoms in total. The molecule has 0 spiro atoms. The van der Waals surface area contributed by atoms with Crippen molar-refractivity contribution < 1.29 is 22.7 Å². The van der Waals surface area contributed by atoms with Crippen LogP contribution in [-0.4, -0.2) is 39.2 Å². The predicted molar refractivity (Wildman–Crippen MR) is 78.6 cm³/mol. The van der Waals surface area contributed by atoms with E-state index in [1.54, 1.807) is 18.2 Å². The fourth-order valence-corrected chi connectivity index (χ4v) is 2.55. The number of nitrogens with one attached hydrogen (secondary N) is 1. The van der Waals surface area contributed by atoms with Gasteiger partial charge in [-0.25, -0.2) is 13.2 Å². The maximum absolute atomic E-state index is 12.1. The van der Waals surface area contributed by atoms with Gasteiger partial charge >= 0.3 is 5.97 Å². The van der Waals surface area contributed by atoms with E-state index in [0.29, 0.717) is 5.56 Å². The zero-order chi connectivity index (χ0) is 16.3. The highest BCUT2D eigenvalue weighted by molar-refractivity contribution is 7.89. The quantitative estimate of drug-likeness (QED) is 0.816. The number of sulfone groups is 1. The van der Waals surface area contributed by atoms with E-state index in [-0.39, 0.29) is 11.3 Å². The molecule has 1 aromatic carbocycles. The summed E-state index contributed by atoms with van der Waals surface area (Å²) in [6, 6.07) is 6.27. The maximum Gasteiger partial charge on any atom is 0.330 e. The molecule has 0 aliphatic carbocycles. The van der Waals surface area contributed by atoms with E-state index in [4.69, 9.17) is 0 Å². The van der Waals surface area contributed by atoms with Crippen molar-refractivity contribution in [2.75, 3.05) is 13.4 Å². The Labute approximate surface area is 124 Å².